The number of carbonyl (C=O) groups is 3. The normalized spacial score (nSPS) is 19.1. The Labute approximate surface area is 111 Å². The van der Waals surface area contributed by atoms with Crippen LogP contribution < -0.4 is 0 Å². The van der Waals surface area contributed by atoms with Gasteiger partial charge in [-0.05, 0) is 24.5 Å². The van der Waals surface area contributed by atoms with E-state index in [0.717, 1.165) is 29.7 Å². The molecule has 19 heavy (non-hydrogen) atoms. The van der Waals surface area contributed by atoms with Crippen LogP contribution in [0.15, 0.2) is 18.2 Å². The minimum atomic E-state index is -0.311. The summed E-state index contributed by atoms with van der Waals surface area (Å²) >= 11 is 0. The number of nitrogens with zero attached hydrogens (tertiary/aromatic N) is 1. The maximum atomic E-state index is 12.2. The van der Waals surface area contributed by atoms with Crippen LogP contribution in [0, 0.1) is 5.92 Å². The van der Waals surface area contributed by atoms with Gasteiger partial charge in [-0.2, -0.15) is 0 Å². The molecule has 4 nitrogen and oxygen atoms in total. The number of hydrogen-bond acceptors (Lipinski definition) is 3. The molecule has 0 spiro atoms. The number of amides is 2. The molecule has 2 aliphatic rings. The first-order valence-corrected chi connectivity index (χ1v) is 6.56. The second kappa shape index (κ2) is 4.30. The molecule has 0 radical (unpaired) electrons. The van der Waals surface area contributed by atoms with E-state index in [0.29, 0.717) is 11.1 Å². The Balaban J connectivity index is 1.97. The molecule has 1 aliphatic heterocycles. The fraction of sp³-hybridized carbons (Fsp3) is 0.400. The third-order valence-corrected chi connectivity index (χ3v) is 4.12. The van der Waals surface area contributed by atoms with Crippen molar-refractivity contribution in [3.05, 3.63) is 34.9 Å². The molecule has 1 saturated carbocycles. The van der Waals surface area contributed by atoms with Gasteiger partial charge in [-0.25, -0.2) is 0 Å². The van der Waals surface area contributed by atoms with Gasteiger partial charge in [0.15, 0.2) is 5.78 Å². The van der Waals surface area contributed by atoms with E-state index in [9.17, 15) is 14.4 Å². The quantitative estimate of drug-likeness (QED) is 0.600. The lowest BCUT2D eigenvalue weighted by atomic mass is 9.79. The molecule has 4 heteroatoms. The van der Waals surface area contributed by atoms with Crippen LogP contribution in [-0.2, 0) is 11.2 Å². The smallest absolute Gasteiger partial charge is 0.260 e. The van der Waals surface area contributed by atoms with Crippen molar-refractivity contribution in [3.8, 4) is 0 Å². The van der Waals surface area contributed by atoms with Crippen molar-refractivity contribution in [2.75, 3.05) is 7.05 Å². The highest BCUT2D eigenvalue weighted by Gasteiger charge is 2.31. The highest BCUT2D eigenvalue weighted by molar-refractivity contribution is 6.11. The first-order valence-electron chi connectivity index (χ1n) is 6.56. The van der Waals surface area contributed by atoms with E-state index >= 15 is 0 Å². The zero-order valence-corrected chi connectivity index (χ0v) is 10.8. The van der Waals surface area contributed by atoms with Crippen LogP contribution in [-0.4, -0.2) is 29.5 Å². The van der Waals surface area contributed by atoms with Crippen molar-refractivity contribution < 1.29 is 14.4 Å². The third kappa shape index (κ3) is 1.87. The summed E-state index contributed by atoms with van der Waals surface area (Å²) < 4.78 is 0. The van der Waals surface area contributed by atoms with Crippen LogP contribution in [0.4, 0.5) is 0 Å². The Bertz CT molecular complexity index is 587. The molecule has 0 unspecified atom stereocenters. The van der Waals surface area contributed by atoms with E-state index < -0.39 is 0 Å². The predicted octanol–water partition coefficient (Wildman–Crippen LogP) is 1.82. The lowest BCUT2D eigenvalue weighted by molar-refractivity contribution is -0.127. The molecule has 0 bridgehead atoms. The standard InChI is InChI=1S/C15H15NO3/c1-16-13(17)8-10-5-6-11(7-12(10)15(16)19)14(18)9-3-2-4-9/h5-7,9H,2-4,8H2,1H3. The summed E-state index contributed by atoms with van der Waals surface area (Å²) in [5.41, 5.74) is 1.81. The second-order valence-electron chi connectivity index (χ2n) is 5.30. The van der Waals surface area contributed by atoms with Crippen molar-refractivity contribution in [1.29, 1.82) is 0 Å². The van der Waals surface area contributed by atoms with E-state index in [1.807, 2.05) is 0 Å². The molecule has 2 amide bonds. The monoisotopic (exact) mass is 257 g/mol. The van der Waals surface area contributed by atoms with Crippen molar-refractivity contribution >= 4 is 17.6 Å². The van der Waals surface area contributed by atoms with Crippen LogP contribution in [0.25, 0.3) is 0 Å². The molecule has 0 atom stereocenters. The molecule has 1 fully saturated rings. The summed E-state index contributed by atoms with van der Waals surface area (Å²) in [6, 6.07) is 5.14. The first kappa shape index (κ1) is 12.1. The van der Waals surface area contributed by atoms with Gasteiger partial charge < -0.3 is 0 Å². The molecule has 3 rings (SSSR count). The van der Waals surface area contributed by atoms with Crippen molar-refractivity contribution in [2.24, 2.45) is 5.92 Å². The average Bonchev–Trinajstić information content (AvgIpc) is 2.33. The van der Waals surface area contributed by atoms with Gasteiger partial charge >= 0.3 is 0 Å². The zero-order valence-electron chi connectivity index (χ0n) is 10.8. The molecular weight excluding hydrogens is 242 g/mol. The van der Waals surface area contributed by atoms with Crippen LogP contribution in [0.1, 0.15) is 45.5 Å². The molecule has 1 heterocycles. The molecule has 1 aromatic carbocycles. The van der Waals surface area contributed by atoms with Gasteiger partial charge in [0.2, 0.25) is 5.91 Å². The van der Waals surface area contributed by atoms with Gasteiger partial charge in [0, 0.05) is 24.1 Å². The fourth-order valence-corrected chi connectivity index (χ4v) is 2.56. The first-order chi connectivity index (χ1) is 9.08. The van der Waals surface area contributed by atoms with Gasteiger partial charge in [-0.1, -0.05) is 18.6 Å². The second-order valence-corrected chi connectivity index (χ2v) is 5.30. The highest BCUT2D eigenvalue weighted by atomic mass is 16.2. The summed E-state index contributed by atoms with van der Waals surface area (Å²) in [7, 11) is 1.48. The number of likely N-dealkylation sites (N-methyl/N-ethyl adjacent to an activating group) is 1. The van der Waals surface area contributed by atoms with Crippen LogP contribution in [0.2, 0.25) is 0 Å². The van der Waals surface area contributed by atoms with Crippen LogP contribution >= 0.6 is 0 Å². The van der Waals surface area contributed by atoms with E-state index in [2.05, 4.69) is 0 Å². The average molecular weight is 257 g/mol. The van der Waals surface area contributed by atoms with Gasteiger partial charge in [0.25, 0.3) is 5.91 Å². The molecular formula is C15H15NO3. The van der Waals surface area contributed by atoms with Gasteiger partial charge in [0.1, 0.15) is 0 Å². The highest BCUT2D eigenvalue weighted by Crippen LogP contribution is 2.31. The fourth-order valence-electron chi connectivity index (χ4n) is 2.56. The Morgan fingerprint density at radius 2 is 2.00 bits per heavy atom. The number of imide groups is 1. The number of carbonyl (C=O) groups excluding carboxylic acids is 3. The summed E-state index contributed by atoms with van der Waals surface area (Å²) in [5.74, 6) is -0.261. The number of fused-ring (bicyclic) bond motifs is 1. The topological polar surface area (TPSA) is 54.5 Å². The maximum absolute atomic E-state index is 12.2. The van der Waals surface area contributed by atoms with Crippen molar-refractivity contribution in [3.63, 3.8) is 0 Å². The Morgan fingerprint density at radius 1 is 1.26 bits per heavy atom. The lowest BCUT2D eigenvalue weighted by Gasteiger charge is -2.26. The van der Waals surface area contributed by atoms with E-state index in [4.69, 9.17) is 0 Å². The zero-order chi connectivity index (χ0) is 13.6. The van der Waals surface area contributed by atoms with Gasteiger partial charge in [-0.3, -0.25) is 19.3 Å². The maximum Gasteiger partial charge on any atom is 0.260 e. The number of Topliss-reactive ketones (excluding diaryl/α,β-unsaturated/α-hetero) is 1. The van der Waals surface area contributed by atoms with Gasteiger partial charge in [0.05, 0.1) is 6.42 Å². The third-order valence-electron chi connectivity index (χ3n) is 4.12. The summed E-state index contributed by atoms with van der Waals surface area (Å²) in [5, 5.41) is 0. The van der Waals surface area contributed by atoms with E-state index in [-0.39, 0.29) is 29.9 Å². The molecule has 0 saturated heterocycles. The molecule has 0 aromatic heterocycles. The Kier molecular flexibility index (Phi) is 2.73. The molecule has 1 aromatic rings. The van der Waals surface area contributed by atoms with Gasteiger partial charge in [-0.15, -0.1) is 0 Å². The minimum absolute atomic E-state index is 0.121. The predicted molar refractivity (Wildman–Crippen MR) is 68.9 cm³/mol. The Hall–Kier alpha value is -1.97. The number of benzene rings is 1. The largest absolute Gasteiger partial charge is 0.294 e. The summed E-state index contributed by atoms with van der Waals surface area (Å²) in [6.07, 6.45) is 3.23. The molecule has 1 aliphatic carbocycles. The molecule has 0 N–H and O–H groups in total. The lowest BCUT2D eigenvalue weighted by Crippen LogP contribution is -2.39. The number of ketones is 1. The van der Waals surface area contributed by atoms with Crippen LogP contribution in [0.3, 0.4) is 0 Å². The van der Waals surface area contributed by atoms with Crippen molar-refractivity contribution in [2.45, 2.75) is 25.7 Å². The number of hydrogen-bond donors (Lipinski definition) is 0. The summed E-state index contributed by atoms with van der Waals surface area (Å²) in [4.78, 5) is 36.9. The van der Waals surface area contributed by atoms with E-state index in [1.54, 1.807) is 18.2 Å². The SMILES string of the molecule is CN1C(=O)Cc2ccc(C(=O)C3CCC3)cc2C1=O. The Morgan fingerprint density at radius 3 is 2.63 bits per heavy atom. The minimum Gasteiger partial charge on any atom is -0.294 e. The molecule has 98 valence electrons. The van der Waals surface area contributed by atoms with E-state index in [1.165, 1.54) is 7.05 Å². The van der Waals surface area contributed by atoms with Crippen molar-refractivity contribution in [1.82, 2.24) is 4.90 Å². The summed E-state index contributed by atoms with van der Waals surface area (Å²) in [6.45, 7) is 0. The van der Waals surface area contributed by atoms with Crippen LogP contribution in [0.5, 0.6) is 0 Å². The number of rotatable bonds is 2.